The van der Waals surface area contributed by atoms with Gasteiger partial charge in [0.2, 0.25) is 0 Å². The summed E-state index contributed by atoms with van der Waals surface area (Å²) < 4.78 is 9.68. The Bertz CT molecular complexity index is 233. The molecule has 0 bridgehead atoms. The van der Waals surface area contributed by atoms with Crippen molar-refractivity contribution in [2.45, 2.75) is 34.1 Å². The maximum atomic E-state index is 11.1. The van der Waals surface area contributed by atoms with Gasteiger partial charge in [-0.05, 0) is 11.8 Å². The van der Waals surface area contributed by atoms with E-state index in [2.05, 4.69) is 5.32 Å². The van der Waals surface area contributed by atoms with Crippen LogP contribution in [0.4, 0.5) is 4.79 Å². The van der Waals surface area contributed by atoms with Gasteiger partial charge in [0, 0.05) is 0 Å². The van der Waals surface area contributed by atoms with Crippen LogP contribution >= 0.6 is 0 Å². The fourth-order valence-electron chi connectivity index (χ4n) is 0.744. The van der Waals surface area contributed by atoms with Gasteiger partial charge in [0.25, 0.3) is 0 Å². The van der Waals surface area contributed by atoms with Crippen LogP contribution in [-0.4, -0.2) is 31.8 Å². The van der Waals surface area contributed by atoms with E-state index in [1.807, 2.05) is 27.7 Å². The third-order valence-electron chi connectivity index (χ3n) is 1.48. The lowest BCUT2D eigenvalue weighted by atomic mass is 9.99. The van der Waals surface area contributed by atoms with Gasteiger partial charge in [-0.25, -0.2) is 4.79 Å². The third-order valence-corrected chi connectivity index (χ3v) is 1.48. The van der Waals surface area contributed by atoms with Crippen LogP contribution in [0, 0.1) is 5.41 Å². The Kier molecular flexibility index (Phi) is 6.53. The summed E-state index contributed by atoms with van der Waals surface area (Å²) in [4.78, 5) is 22.1. The van der Waals surface area contributed by atoms with Crippen molar-refractivity contribution in [3.8, 4) is 0 Å². The van der Waals surface area contributed by atoms with Gasteiger partial charge in [0.1, 0.15) is 6.54 Å². The number of hydrogen-bond acceptors (Lipinski definition) is 4. The molecule has 0 fully saturated rings. The van der Waals surface area contributed by atoms with E-state index < -0.39 is 12.1 Å². The van der Waals surface area contributed by atoms with Gasteiger partial charge in [0.05, 0.1) is 13.2 Å². The van der Waals surface area contributed by atoms with E-state index in [-0.39, 0.29) is 12.0 Å². The van der Waals surface area contributed by atoms with E-state index in [0.717, 1.165) is 6.42 Å². The predicted molar refractivity (Wildman–Crippen MR) is 60.1 cm³/mol. The quantitative estimate of drug-likeness (QED) is 0.731. The molecule has 0 spiro atoms. The molecule has 0 aromatic rings. The summed E-state index contributed by atoms with van der Waals surface area (Å²) in [6, 6.07) is 0. The van der Waals surface area contributed by atoms with Gasteiger partial charge >= 0.3 is 12.1 Å². The second-order valence-electron chi connectivity index (χ2n) is 4.71. The van der Waals surface area contributed by atoms with Crippen LogP contribution in [0.15, 0.2) is 0 Å². The summed E-state index contributed by atoms with van der Waals surface area (Å²) in [5.74, 6) is -0.449. The smallest absolute Gasteiger partial charge is 0.407 e. The Morgan fingerprint density at radius 2 is 1.81 bits per heavy atom. The van der Waals surface area contributed by atoms with E-state index >= 15 is 0 Å². The number of carbonyl (C=O) groups excluding carboxylic acids is 2. The predicted octanol–water partition coefficient (Wildman–Crippen LogP) is 1.71. The van der Waals surface area contributed by atoms with Gasteiger partial charge in [0.15, 0.2) is 0 Å². The molecule has 0 saturated carbocycles. The molecule has 1 amide bonds. The number of hydrogen-bond donors (Lipinski definition) is 1. The zero-order chi connectivity index (χ0) is 12.6. The van der Waals surface area contributed by atoms with Crippen molar-refractivity contribution in [3.05, 3.63) is 0 Å². The molecular formula is C11H21NO4. The van der Waals surface area contributed by atoms with Crippen molar-refractivity contribution in [1.82, 2.24) is 5.32 Å². The standard InChI is InChI=1S/C11H21NO4/c1-5-6-15-9(13)7-12-10(14)16-8-11(2,3)4/h5-8H2,1-4H3,(H,12,14). The van der Waals surface area contributed by atoms with Crippen molar-refractivity contribution >= 4 is 12.1 Å². The highest BCUT2D eigenvalue weighted by Gasteiger charge is 2.14. The Hall–Kier alpha value is -1.26. The lowest BCUT2D eigenvalue weighted by Gasteiger charge is -2.17. The molecule has 0 atom stereocenters. The zero-order valence-electron chi connectivity index (χ0n) is 10.5. The molecule has 0 saturated heterocycles. The van der Waals surface area contributed by atoms with Crippen LogP contribution in [0.2, 0.25) is 0 Å². The minimum Gasteiger partial charge on any atom is -0.464 e. The number of amides is 1. The Morgan fingerprint density at radius 1 is 1.19 bits per heavy atom. The van der Waals surface area contributed by atoms with Gasteiger partial charge in [-0.3, -0.25) is 4.79 Å². The van der Waals surface area contributed by atoms with Crippen molar-refractivity contribution in [1.29, 1.82) is 0 Å². The molecule has 0 aliphatic heterocycles. The first-order valence-corrected chi connectivity index (χ1v) is 5.41. The van der Waals surface area contributed by atoms with Crippen LogP contribution in [0.5, 0.6) is 0 Å². The molecule has 0 aliphatic rings. The molecule has 1 N–H and O–H groups in total. The maximum Gasteiger partial charge on any atom is 0.407 e. The molecule has 0 rings (SSSR count). The molecule has 0 radical (unpaired) electrons. The third kappa shape index (κ3) is 9.30. The Labute approximate surface area is 96.5 Å². The lowest BCUT2D eigenvalue weighted by molar-refractivity contribution is -0.142. The highest BCUT2D eigenvalue weighted by atomic mass is 16.6. The van der Waals surface area contributed by atoms with Gasteiger partial charge in [-0.1, -0.05) is 27.7 Å². The second-order valence-corrected chi connectivity index (χ2v) is 4.71. The summed E-state index contributed by atoms with van der Waals surface area (Å²) in [6.45, 7) is 8.29. The average Bonchev–Trinajstić information content (AvgIpc) is 2.19. The topological polar surface area (TPSA) is 64.6 Å². The van der Waals surface area contributed by atoms with Crippen LogP contribution in [0.1, 0.15) is 34.1 Å². The largest absolute Gasteiger partial charge is 0.464 e. The number of alkyl carbamates (subject to hydrolysis) is 1. The monoisotopic (exact) mass is 231 g/mol. The van der Waals surface area contributed by atoms with E-state index in [1.165, 1.54) is 0 Å². The maximum absolute atomic E-state index is 11.1. The number of esters is 1. The first-order chi connectivity index (χ1) is 7.35. The number of carbonyl (C=O) groups is 2. The molecule has 94 valence electrons. The molecule has 5 heteroatoms. The highest BCUT2D eigenvalue weighted by Crippen LogP contribution is 2.12. The van der Waals surface area contributed by atoms with Gasteiger partial charge < -0.3 is 14.8 Å². The highest BCUT2D eigenvalue weighted by molar-refractivity contribution is 5.77. The molecular weight excluding hydrogens is 210 g/mol. The SMILES string of the molecule is CCCOC(=O)CNC(=O)OCC(C)(C)C. The van der Waals surface area contributed by atoms with Crippen LogP contribution in [0.25, 0.3) is 0 Å². The zero-order valence-corrected chi connectivity index (χ0v) is 10.5. The minimum absolute atomic E-state index is 0.0833. The minimum atomic E-state index is -0.594. The van der Waals surface area contributed by atoms with Crippen LogP contribution in [0.3, 0.4) is 0 Å². The normalized spacial score (nSPS) is 10.8. The summed E-state index contributed by atoms with van der Waals surface area (Å²) in [7, 11) is 0. The average molecular weight is 231 g/mol. The number of rotatable bonds is 5. The van der Waals surface area contributed by atoms with Crippen molar-refractivity contribution in [3.63, 3.8) is 0 Å². The van der Waals surface area contributed by atoms with E-state index in [4.69, 9.17) is 9.47 Å². The summed E-state index contributed by atoms with van der Waals surface area (Å²) >= 11 is 0. The van der Waals surface area contributed by atoms with E-state index in [0.29, 0.717) is 13.2 Å². The second kappa shape index (κ2) is 7.09. The van der Waals surface area contributed by atoms with E-state index in [1.54, 1.807) is 0 Å². The number of nitrogens with one attached hydrogen (secondary N) is 1. The number of ether oxygens (including phenoxy) is 2. The molecule has 16 heavy (non-hydrogen) atoms. The molecule has 0 unspecified atom stereocenters. The summed E-state index contributed by atoms with van der Waals surface area (Å²) in [5.41, 5.74) is -0.0833. The lowest BCUT2D eigenvalue weighted by Crippen LogP contribution is -2.33. The van der Waals surface area contributed by atoms with Crippen LogP contribution in [-0.2, 0) is 14.3 Å². The molecule has 0 aliphatic carbocycles. The van der Waals surface area contributed by atoms with Crippen molar-refractivity contribution < 1.29 is 19.1 Å². The first-order valence-electron chi connectivity index (χ1n) is 5.41. The van der Waals surface area contributed by atoms with Gasteiger partial charge in [-0.15, -0.1) is 0 Å². The molecule has 0 aromatic heterocycles. The Morgan fingerprint density at radius 3 is 2.31 bits per heavy atom. The fraction of sp³-hybridized carbons (Fsp3) is 0.818. The van der Waals surface area contributed by atoms with Crippen molar-refractivity contribution in [2.75, 3.05) is 19.8 Å². The summed E-state index contributed by atoms with van der Waals surface area (Å²) in [6.07, 6.45) is 0.170. The van der Waals surface area contributed by atoms with Crippen LogP contribution < -0.4 is 5.32 Å². The first kappa shape index (κ1) is 14.7. The molecule has 0 heterocycles. The molecule has 5 nitrogen and oxygen atoms in total. The summed E-state index contributed by atoms with van der Waals surface area (Å²) in [5, 5.41) is 2.33. The fourth-order valence-corrected chi connectivity index (χ4v) is 0.744. The van der Waals surface area contributed by atoms with Crippen molar-refractivity contribution in [2.24, 2.45) is 5.41 Å². The Balaban J connectivity index is 3.61. The van der Waals surface area contributed by atoms with E-state index in [9.17, 15) is 9.59 Å². The van der Waals surface area contributed by atoms with Gasteiger partial charge in [-0.2, -0.15) is 0 Å². The molecule has 0 aromatic carbocycles.